The van der Waals surface area contributed by atoms with Gasteiger partial charge < -0.3 is 14.8 Å². The van der Waals surface area contributed by atoms with Gasteiger partial charge in [-0.25, -0.2) is 4.39 Å². The minimum atomic E-state index is -0.214. The van der Waals surface area contributed by atoms with E-state index in [2.05, 4.69) is 11.4 Å². The van der Waals surface area contributed by atoms with Crippen LogP contribution >= 0.6 is 0 Å². The summed E-state index contributed by atoms with van der Waals surface area (Å²) in [6.45, 7) is 2.41. The Balaban J connectivity index is 1.84. The van der Waals surface area contributed by atoms with E-state index in [0.717, 1.165) is 16.8 Å². The van der Waals surface area contributed by atoms with Crippen LogP contribution in [0.5, 0.6) is 0 Å². The minimum Gasteiger partial charge on any atom is -0.382 e. The van der Waals surface area contributed by atoms with Crippen LogP contribution in [0.4, 0.5) is 10.1 Å². The van der Waals surface area contributed by atoms with Crippen LogP contribution in [0.25, 0.3) is 0 Å². The van der Waals surface area contributed by atoms with Gasteiger partial charge in [0.15, 0.2) is 0 Å². The van der Waals surface area contributed by atoms with E-state index in [9.17, 15) is 4.39 Å². The number of hydrogen-bond donors (Lipinski definition) is 1. The standard InChI is InChI=1S/C17H20FNO2/c1-20-9-10-21-13-15-3-2-4-17(11-15)19-12-14-5-7-16(18)8-6-14/h2-8,11,19H,9-10,12-13H2,1H3. The van der Waals surface area contributed by atoms with Gasteiger partial charge in [-0.05, 0) is 35.4 Å². The number of nitrogens with one attached hydrogen (secondary N) is 1. The number of rotatable bonds is 8. The number of benzene rings is 2. The van der Waals surface area contributed by atoms with Crippen molar-refractivity contribution in [2.75, 3.05) is 25.6 Å². The number of ether oxygens (including phenoxy) is 2. The Kier molecular flexibility index (Phi) is 6.19. The van der Waals surface area contributed by atoms with Crippen LogP contribution in [0.1, 0.15) is 11.1 Å². The Morgan fingerprint density at radius 2 is 1.81 bits per heavy atom. The second kappa shape index (κ2) is 8.39. The maximum Gasteiger partial charge on any atom is 0.123 e. The van der Waals surface area contributed by atoms with Crippen LogP contribution in [0.15, 0.2) is 48.5 Å². The first-order valence-corrected chi connectivity index (χ1v) is 6.92. The zero-order valence-electron chi connectivity index (χ0n) is 12.1. The Morgan fingerprint density at radius 3 is 2.57 bits per heavy atom. The smallest absolute Gasteiger partial charge is 0.123 e. The molecule has 0 heterocycles. The van der Waals surface area contributed by atoms with Crippen molar-refractivity contribution in [3.63, 3.8) is 0 Å². The highest BCUT2D eigenvalue weighted by molar-refractivity contribution is 5.46. The minimum absolute atomic E-state index is 0.214. The van der Waals surface area contributed by atoms with Crippen LogP contribution in [0.2, 0.25) is 0 Å². The highest BCUT2D eigenvalue weighted by Gasteiger charge is 1.98. The Morgan fingerprint density at radius 1 is 1.00 bits per heavy atom. The van der Waals surface area contributed by atoms with Crippen LogP contribution in [-0.4, -0.2) is 20.3 Å². The van der Waals surface area contributed by atoms with E-state index in [1.165, 1.54) is 12.1 Å². The number of hydrogen-bond acceptors (Lipinski definition) is 3. The highest BCUT2D eigenvalue weighted by atomic mass is 19.1. The van der Waals surface area contributed by atoms with E-state index in [0.29, 0.717) is 26.4 Å². The first kappa shape index (κ1) is 15.5. The summed E-state index contributed by atoms with van der Waals surface area (Å²) in [6, 6.07) is 14.6. The maximum absolute atomic E-state index is 12.8. The third-order valence-corrected chi connectivity index (χ3v) is 3.04. The van der Waals surface area contributed by atoms with E-state index in [1.807, 2.05) is 18.2 Å². The lowest BCUT2D eigenvalue weighted by Crippen LogP contribution is -2.03. The van der Waals surface area contributed by atoms with Crippen molar-refractivity contribution in [3.05, 3.63) is 65.5 Å². The van der Waals surface area contributed by atoms with E-state index >= 15 is 0 Å². The predicted octanol–water partition coefficient (Wildman–Crippen LogP) is 3.60. The fraction of sp³-hybridized carbons (Fsp3) is 0.294. The SMILES string of the molecule is COCCOCc1cccc(NCc2ccc(F)cc2)c1. The molecule has 0 fully saturated rings. The van der Waals surface area contributed by atoms with Gasteiger partial charge in [0.25, 0.3) is 0 Å². The van der Waals surface area contributed by atoms with Crippen LogP contribution in [-0.2, 0) is 22.6 Å². The fourth-order valence-corrected chi connectivity index (χ4v) is 1.91. The van der Waals surface area contributed by atoms with Crippen molar-refractivity contribution in [1.29, 1.82) is 0 Å². The molecule has 2 aromatic carbocycles. The van der Waals surface area contributed by atoms with Crippen molar-refractivity contribution in [3.8, 4) is 0 Å². The maximum atomic E-state index is 12.8. The first-order chi connectivity index (χ1) is 10.3. The third-order valence-electron chi connectivity index (χ3n) is 3.04. The summed E-state index contributed by atoms with van der Waals surface area (Å²) in [5.74, 6) is -0.214. The zero-order valence-corrected chi connectivity index (χ0v) is 12.1. The van der Waals surface area contributed by atoms with Gasteiger partial charge in [0.05, 0.1) is 19.8 Å². The molecule has 3 nitrogen and oxygen atoms in total. The van der Waals surface area contributed by atoms with E-state index in [1.54, 1.807) is 19.2 Å². The van der Waals surface area contributed by atoms with Crippen LogP contribution in [0.3, 0.4) is 0 Å². The van der Waals surface area contributed by atoms with Crippen molar-refractivity contribution in [2.45, 2.75) is 13.2 Å². The molecule has 0 unspecified atom stereocenters. The first-order valence-electron chi connectivity index (χ1n) is 6.92. The van der Waals surface area contributed by atoms with Crippen LogP contribution < -0.4 is 5.32 Å². The molecule has 0 saturated heterocycles. The summed E-state index contributed by atoms with van der Waals surface area (Å²) in [7, 11) is 1.66. The normalized spacial score (nSPS) is 10.6. The Hall–Kier alpha value is -1.91. The average molecular weight is 289 g/mol. The van der Waals surface area contributed by atoms with Gasteiger partial charge in [-0.15, -0.1) is 0 Å². The predicted molar refractivity (Wildman–Crippen MR) is 81.7 cm³/mol. The molecule has 21 heavy (non-hydrogen) atoms. The largest absolute Gasteiger partial charge is 0.382 e. The van der Waals surface area contributed by atoms with Gasteiger partial charge in [-0.2, -0.15) is 0 Å². The molecule has 0 aromatic heterocycles. The second-order valence-corrected chi connectivity index (χ2v) is 4.73. The molecule has 1 N–H and O–H groups in total. The quantitative estimate of drug-likeness (QED) is 0.753. The average Bonchev–Trinajstić information content (AvgIpc) is 2.52. The topological polar surface area (TPSA) is 30.5 Å². The van der Waals surface area contributed by atoms with Crippen molar-refractivity contribution < 1.29 is 13.9 Å². The molecule has 0 radical (unpaired) electrons. The Labute approximate surface area is 124 Å². The molecule has 0 aliphatic carbocycles. The number of anilines is 1. The Bertz CT molecular complexity index is 543. The zero-order chi connectivity index (χ0) is 14.9. The lowest BCUT2D eigenvalue weighted by molar-refractivity contribution is 0.0617. The summed E-state index contributed by atoms with van der Waals surface area (Å²) in [5, 5.41) is 3.32. The monoisotopic (exact) mass is 289 g/mol. The van der Waals surface area contributed by atoms with Crippen molar-refractivity contribution in [1.82, 2.24) is 0 Å². The van der Waals surface area contributed by atoms with E-state index in [4.69, 9.17) is 9.47 Å². The van der Waals surface area contributed by atoms with Gasteiger partial charge in [0.1, 0.15) is 5.82 Å². The summed E-state index contributed by atoms with van der Waals surface area (Å²) in [4.78, 5) is 0. The van der Waals surface area contributed by atoms with Crippen molar-refractivity contribution in [2.24, 2.45) is 0 Å². The summed E-state index contributed by atoms with van der Waals surface area (Å²) < 4.78 is 23.3. The molecular weight excluding hydrogens is 269 g/mol. The lowest BCUT2D eigenvalue weighted by atomic mass is 10.2. The van der Waals surface area contributed by atoms with E-state index in [-0.39, 0.29) is 5.82 Å². The number of halogens is 1. The summed E-state index contributed by atoms with van der Waals surface area (Å²) in [5.41, 5.74) is 3.17. The van der Waals surface area contributed by atoms with Gasteiger partial charge in [-0.3, -0.25) is 0 Å². The molecule has 0 bridgehead atoms. The van der Waals surface area contributed by atoms with Crippen molar-refractivity contribution >= 4 is 5.69 Å². The van der Waals surface area contributed by atoms with Gasteiger partial charge >= 0.3 is 0 Å². The molecular formula is C17H20FNO2. The molecule has 0 aliphatic rings. The molecule has 0 saturated carbocycles. The molecule has 0 amide bonds. The molecule has 112 valence electrons. The molecule has 2 rings (SSSR count). The summed E-state index contributed by atoms with van der Waals surface area (Å²) >= 11 is 0. The second-order valence-electron chi connectivity index (χ2n) is 4.73. The summed E-state index contributed by atoms with van der Waals surface area (Å²) in [6.07, 6.45) is 0. The molecule has 4 heteroatoms. The van der Waals surface area contributed by atoms with Gasteiger partial charge in [0.2, 0.25) is 0 Å². The molecule has 0 aliphatic heterocycles. The van der Waals surface area contributed by atoms with E-state index < -0.39 is 0 Å². The highest BCUT2D eigenvalue weighted by Crippen LogP contribution is 2.13. The van der Waals surface area contributed by atoms with Gasteiger partial charge in [-0.1, -0.05) is 24.3 Å². The number of methoxy groups -OCH3 is 1. The fourth-order valence-electron chi connectivity index (χ4n) is 1.91. The van der Waals surface area contributed by atoms with Crippen LogP contribution in [0, 0.1) is 5.82 Å². The van der Waals surface area contributed by atoms with Gasteiger partial charge in [0, 0.05) is 19.3 Å². The third kappa shape index (κ3) is 5.53. The molecule has 0 atom stereocenters. The molecule has 2 aromatic rings. The lowest BCUT2D eigenvalue weighted by Gasteiger charge is -2.09. The molecule has 0 spiro atoms.